The molecule has 0 aliphatic carbocycles. The van der Waals surface area contributed by atoms with Gasteiger partial charge < -0.3 is 9.64 Å². The minimum Gasteiger partial charge on any atom is -0.368 e. The zero-order valence-electron chi connectivity index (χ0n) is 14.0. The van der Waals surface area contributed by atoms with E-state index in [4.69, 9.17) is 9.72 Å². The summed E-state index contributed by atoms with van der Waals surface area (Å²) in [5, 5.41) is 1.16. The second-order valence-corrected chi connectivity index (χ2v) is 7.62. The van der Waals surface area contributed by atoms with Gasteiger partial charge in [-0.3, -0.25) is 9.69 Å². The van der Waals surface area contributed by atoms with Gasteiger partial charge in [-0.2, -0.15) is 0 Å². The first-order valence-electron chi connectivity index (χ1n) is 8.72. The Labute approximate surface area is 146 Å². The van der Waals surface area contributed by atoms with Crippen molar-refractivity contribution in [1.82, 2.24) is 14.8 Å². The number of amides is 1. The average molecular weight is 345 g/mol. The Balaban J connectivity index is 1.38. The number of ether oxygens (including phenoxy) is 1. The van der Waals surface area contributed by atoms with Crippen molar-refractivity contribution < 1.29 is 9.53 Å². The van der Waals surface area contributed by atoms with Crippen molar-refractivity contribution >= 4 is 27.5 Å². The quantitative estimate of drug-likeness (QED) is 0.858. The third-order valence-electron chi connectivity index (χ3n) is 5.05. The number of thiazole rings is 1. The summed E-state index contributed by atoms with van der Waals surface area (Å²) in [6.07, 6.45) is 1.69. The fourth-order valence-electron chi connectivity index (χ4n) is 3.53. The highest BCUT2D eigenvalue weighted by Gasteiger charge is 2.31. The summed E-state index contributed by atoms with van der Waals surface area (Å²) in [7, 11) is 0. The molecule has 1 aromatic carbocycles. The van der Waals surface area contributed by atoms with E-state index in [0.29, 0.717) is 6.04 Å². The molecule has 2 saturated heterocycles. The summed E-state index contributed by atoms with van der Waals surface area (Å²) in [4.78, 5) is 21.6. The first-order chi connectivity index (χ1) is 11.7. The van der Waals surface area contributed by atoms with Gasteiger partial charge in [0.1, 0.15) is 11.1 Å². The summed E-state index contributed by atoms with van der Waals surface area (Å²) in [6, 6.07) is 8.58. The number of para-hydroxylation sites is 1. The highest BCUT2D eigenvalue weighted by atomic mass is 32.1. The number of carbonyl (C=O) groups is 1. The normalized spacial score (nSPS) is 23.7. The van der Waals surface area contributed by atoms with Crippen LogP contribution in [0.25, 0.3) is 10.2 Å². The van der Waals surface area contributed by atoms with E-state index in [2.05, 4.69) is 30.0 Å². The Hall–Kier alpha value is -1.50. The van der Waals surface area contributed by atoms with Crippen molar-refractivity contribution in [2.45, 2.75) is 31.9 Å². The Bertz CT molecular complexity index is 685. The molecule has 24 heavy (non-hydrogen) atoms. The summed E-state index contributed by atoms with van der Waals surface area (Å²) >= 11 is 1.77. The number of piperazine rings is 1. The Kier molecular flexibility index (Phi) is 4.52. The van der Waals surface area contributed by atoms with Crippen LogP contribution < -0.4 is 0 Å². The predicted octanol–water partition coefficient (Wildman–Crippen LogP) is 2.68. The lowest BCUT2D eigenvalue weighted by molar-refractivity contribution is -0.143. The van der Waals surface area contributed by atoms with Gasteiger partial charge in [0, 0.05) is 32.8 Å². The lowest BCUT2D eigenvalue weighted by atomic mass is 10.2. The lowest BCUT2D eigenvalue weighted by Crippen LogP contribution is -2.51. The minimum atomic E-state index is -0.196. The molecule has 0 bridgehead atoms. The topological polar surface area (TPSA) is 45.7 Å². The van der Waals surface area contributed by atoms with E-state index in [0.717, 1.165) is 56.2 Å². The lowest BCUT2D eigenvalue weighted by Gasteiger charge is -2.38. The number of rotatable bonds is 3. The first kappa shape index (κ1) is 16.0. The predicted molar refractivity (Wildman–Crippen MR) is 95.2 cm³/mol. The number of fused-ring (bicyclic) bond motifs is 1. The molecular formula is C18H23N3O2S. The van der Waals surface area contributed by atoms with Crippen LogP contribution in [0.4, 0.5) is 0 Å². The molecule has 2 aliphatic heterocycles. The second-order valence-electron chi connectivity index (χ2n) is 6.56. The van der Waals surface area contributed by atoms with Crippen molar-refractivity contribution in [3.63, 3.8) is 0 Å². The summed E-state index contributed by atoms with van der Waals surface area (Å²) in [6.45, 7) is 6.31. The third kappa shape index (κ3) is 3.06. The van der Waals surface area contributed by atoms with Gasteiger partial charge in [0.05, 0.1) is 16.3 Å². The number of nitrogens with zero attached hydrogens (tertiary/aromatic N) is 3. The first-order valence-corrected chi connectivity index (χ1v) is 9.54. The van der Waals surface area contributed by atoms with Crippen molar-refractivity contribution in [2.24, 2.45) is 0 Å². The van der Waals surface area contributed by atoms with Gasteiger partial charge in [0.25, 0.3) is 5.91 Å². The smallest absolute Gasteiger partial charge is 0.251 e. The summed E-state index contributed by atoms with van der Waals surface area (Å²) in [5.74, 6) is 0.180. The fraction of sp³-hybridized carbons (Fsp3) is 0.556. The van der Waals surface area contributed by atoms with E-state index in [1.807, 2.05) is 11.0 Å². The van der Waals surface area contributed by atoms with Gasteiger partial charge in [0.15, 0.2) is 0 Å². The van der Waals surface area contributed by atoms with Crippen molar-refractivity contribution in [2.75, 3.05) is 32.8 Å². The molecule has 2 fully saturated rings. The van der Waals surface area contributed by atoms with Crippen molar-refractivity contribution in [3.8, 4) is 0 Å². The van der Waals surface area contributed by atoms with E-state index in [-0.39, 0.29) is 12.0 Å². The molecule has 2 atom stereocenters. The monoisotopic (exact) mass is 345 g/mol. The molecule has 1 aromatic heterocycles. The Morgan fingerprint density at radius 3 is 2.79 bits per heavy atom. The minimum absolute atomic E-state index is 0.180. The molecule has 1 amide bonds. The summed E-state index contributed by atoms with van der Waals surface area (Å²) < 4.78 is 6.77. The Morgan fingerprint density at radius 2 is 2.08 bits per heavy atom. The van der Waals surface area contributed by atoms with Gasteiger partial charge in [-0.05, 0) is 31.9 Å². The third-order valence-corrected chi connectivity index (χ3v) is 6.25. The highest BCUT2D eigenvalue weighted by molar-refractivity contribution is 7.18. The highest BCUT2D eigenvalue weighted by Crippen LogP contribution is 2.30. The fourth-order valence-corrected chi connectivity index (χ4v) is 4.58. The van der Waals surface area contributed by atoms with E-state index < -0.39 is 0 Å². The van der Waals surface area contributed by atoms with E-state index in [1.165, 1.54) is 4.70 Å². The molecule has 0 saturated carbocycles. The maximum absolute atomic E-state index is 12.4. The molecule has 4 rings (SSSR count). The van der Waals surface area contributed by atoms with E-state index >= 15 is 0 Å². The molecule has 0 spiro atoms. The van der Waals surface area contributed by atoms with E-state index in [1.54, 1.807) is 11.3 Å². The number of aromatic nitrogens is 1. The molecular weight excluding hydrogens is 322 g/mol. The average Bonchev–Trinajstić information content (AvgIpc) is 3.30. The number of carbonyl (C=O) groups excluding carboxylic acids is 1. The van der Waals surface area contributed by atoms with Crippen molar-refractivity contribution in [1.29, 1.82) is 0 Å². The maximum atomic E-state index is 12.4. The summed E-state index contributed by atoms with van der Waals surface area (Å²) in [5.41, 5.74) is 1.08. The maximum Gasteiger partial charge on any atom is 0.251 e. The molecule has 3 heterocycles. The van der Waals surface area contributed by atoms with Crippen LogP contribution in [0.3, 0.4) is 0 Å². The van der Waals surface area contributed by atoms with Crippen LogP contribution >= 0.6 is 11.3 Å². The molecule has 0 unspecified atom stereocenters. The molecule has 5 nitrogen and oxygen atoms in total. The Morgan fingerprint density at radius 1 is 1.29 bits per heavy atom. The zero-order valence-corrected chi connectivity index (χ0v) is 14.8. The molecule has 6 heteroatoms. The van der Waals surface area contributed by atoms with E-state index in [9.17, 15) is 4.79 Å². The van der Waals surface area contributed by atoms with Gasteiger partial charge >= 0.3 is 0 Å². The molecule has 0 radical (unpaired) electrons. The molecule has 2 aliphatic rings. The molecule has 2 aromatic rings. The van der Waals surface area contributed by atoms with Crippen LogP contribution in [-0.4, -0.2) is 59.6 Å². The van der Waals surface area contributed by atoms with Crippen LogP contribution in [0.15, 0.2) is 24.3 Å². The van der Waals surface area contributed by atoms with Crippen LogP contribution in [0, 0.1) is 0 Å². The van der Waals surface area contributed by atoms with Gasteiger partial charge in [-0.1, -0.05) is 12.1 Å². The van der Waals surface area contributed by atoms with Crippen LogP contribution in [0.1, 0.15) is 30.8 Å². The van der Waals surface area contributed by atoms with Gasteiger partial charge in [-0.15, -0.1) is 11.3 Å². The standard InChI is InChI=1S/C18H23N3O2S/c1-13(17-19-14-5-2-3-7-16(14)24-17)20-8-10-21(11-9-20)18(22)15-6-4-12-23-15/h2-3,5,7,13,15H,4,6,8-12H2,1H3/t13-,15-/m0/s1. The van der Waals surface area contributed by atoms with Gasteiger partial charge in [-0.25, -0.2) is 4.98 Å². The zero-order chi connectivity index (χ0) is 16.5. The number of benzene rings is 1. The largest absolute Gasteiger partial charge is 0.368 e. The SMILES string of the molecule is C[C@@H](c1nc2ccccc2s1)N1CCN(C(=O)[C@@H]2CCCO2)CC1. The van der Waals surface area contributed by atoms with Crippen LogP contribution in [-0.2, 0) is 9.53 Å². The van der Waals surface area contributed by atoms with Crippen LogP contribution in [0.2, 0.25) is 0 Å². The molecule has 0 N–H and O–H groups in total. The number of hydrogen-bond acceptors (Lipinski definition) is 5. The van der Waals surface area contributed by atoms with Crippen LogP contribution in [0.5, 0.6) is 0 Å². The molecule has 128 valence electrons. The second kappa shape index (κ2) is 6.78. The number of hydrogen-bond donors (Lipinski definition) is 0. The van der Waals surface area contributed by atoms with Crippen molar-refractivity contribution in [3.05, 3.63) is 29.3 Å². The van der Waals surface area contributed by atoms with Gasteiger partial charge in [0.2, 0.25) is 0 Å².